The topological polar surface area (TPSA) is 115 Å². The smallest absolute Gasteiger partial charge is 0.316 e. The fourth-order valence-electron chi connectivity index (χ4n) is 2.81. The average Bonchev–Trinajstić information content (AvgIpc) is 3.19. The summed E-state index contributed by atoms with van der Waals surface area (Å²) in [5.41, 5.74) is 0.562. The minimum atomic E-state index is -3.49. The summed E-state index contributed by atoms with van der Waals surface area (Å²) >= 11 is 0. The van der Waals surface area contributed by atoms with E-state index in [-0.39, 0.29) is 16.6 Å². The Morgan fingerprint density at radius 1 is 1.22 bits per heavy atom. The normalized spacial score (nSPS) is 15.6. The summed E-state index contributed by atoms with van der Waals surface area (Å²) in [5, 5.41) is 6.36. The predicted molar refractivity (Wildman–Crippen MR) is 96.6 cm³/mol. The van der Waals surface area contributed by atoms with Gasteiger partial charge in [0, 0.05) is 32.3 Å². The molecule has 1 fully saturated rings. The van der Waals surface area contributed by atoms with Crippen LogP contribution in [0.4, 0.5) is 0 Å². The van der Waals surface area contributed by atoms with Gasteiger partial charge in [0.25, 0.3) is 0 Å². The van der Waals surface area contributed by atoms with E-state index in [1.165, 1.54) is 23.5 Å². The van der Waals surface area contributed by atoms with Gasteiger partial charge >= 0.3 is 11.8 Å². The zero-order chi connectivity index (χ0) is 19.3. The minimum absolute atomic E-state index is 0.161. The Balaban J connectivity index is 1.71. The fourth-order valence-corrected chi connectivity index (χ4v) is 4.32. The minimum Gasteiger partial charge on any atom is -0.383 e. The molecule has 2 heterocycles. The van der Waals surface area contributed by atoms with Gasteiger partial charge in [-0.05, 0) is 37.1 Å². The summed E-state index contributed by atoms with van der Waals surface area (Å²) in [6, 6.07) is 6.25. The summed E-state index contributed by atoms with van der Waals surface area (Å²) in [6.45, 7) is 1.81. The van der Waals surface area contributed by atoms with Crippen LogP contribution in [-0.2, 0) is 14.8 Å². The molecule has 0 aliphatic carbocycles. The second kappa shape index (κ2) is 8.59. The maximum Gasteiger partial charge on any atom is 0.316 e. The van der Waals surface area contributed by atoms with Crippen molar-refractivity contribution in [3.05, 3.63) is 30.2 Å². The van der Waals surface area contributed by atoms with Gasteiger partial charge in [-0.1, -0.05) is 11.6 Å². The van der Waals surface area contributed by atoms with Crippen molar-refractivity contribution in [2.75, 3.05) is 33.4 Å². The molecular weight excluding hydrogens is 372 g/mol. The van der Waals surface area contributed by atoms with E-state index >= 15 is 0 Å². The molecule has 1 N–H and O–H groups in total. The number of carbonyl (C=O) groups is 1. The Kier molecular flexibility index (Phi) is 6.19. The third-order valence-corrected chi connectivity index (χ3v) is 6.19. The number of sulfonamides is 1. The molecule has 1 amide bonds. The number of aromatic nitrogens is 2. The highest BCUT2D eigenvalue weighted by molar-refractivity contribution is 7.89. The first-order valence-electron chi connectivity index (χ1n) is 8.74. The lowest BCUT2D eigenvalue weighted by molar-refractivity contribution is 0.0893. The third-order valence-electron chi connectivity index (χ3n) is 4.28. The molecule has 0 radical (unpaired) electrons. The van der Waals surface area contributed by atoms with Gasteiger partial charge in [0.15, 0.2) is 0 Å². The maximum absolute atomic E-state index is 12.7. The van der Waals surface area contributed by atoms with Crippen LogP contribution >= 0.6 is 0 Å². The molecule has 0 unspecified atom stereocenters. The van der Waals surface area contributed by atoms with Crippen molar-refractivity contribution in [3.8, 4) is 11.4 Å². The molecule has 0 atom stereocenters. The van der Waals surface area contributed by atoms with E-state index in [9.17, 15) is 13.2 Å². The van der Waals surface area contributed by atoms with Crippen molar-refractivity contribution >= 4 is 15.9 Å². The van der Waals surface area contributed by atoms with Crippen LogP contribution in [0.25, 0.3) is 11.4 Å². The molecule has 0 spiro atoms. The highest BCUT2D eigenvalue weighted by Crippen LogP contribution is 2.23. The molecule has 27 heavy (non-hydrogen) atoms. The molecule has 10 heteroatoms. The number of hydrogen-bond donors (Lipinski definition) is 1. The van der Waals surface area contributed by atoms with Crippen molar-refractivity contribution in [1.82, 2.24) is 19.8 Å². The molecule has 2 aromatic rings. The van der Waals surface area contributed by atoms with Gasteiger partial charge in [-0.3, -0.25) is 4.79 Å². The molecule has 0 bridgehead atoms. The maximum atomic E-state index is 12.7. The van der Waals surface area contributed by atoms with Crippen LogP contribution in [-0.4, -0.2) is 62.1 Å². The summed E-state index contributed by atoms with van der Waals surface area (Å²) in [6.07, 6.45) is 2.83. The molecule has 1 aromatic carbocycles. The highest BCUT2D eigenvalue weighted by Gasteiger charge is 2.26. The van der Waals surface area contributed by atoms with Gasteiger partial charge in [-0.15, -0.1) is 0 Å². The van der Waals surface area contributed by atoms with E-state index in [0.717, 1.165) is 19.3 Å². The number of methoxy groups -OCH3 is 1. The molecular formula is C17H22N4O5S. The number of rotatable bonds is 7. The predicted octanol–water partition coefficient (Wildman–Crippen LogP) is 1.29. The number of nitrogens with one attached hydrogen (secondary N) is 1. The molecule has 1 aliphatic rings. The second-order valence-corrected chi connectivity index (χ2v) is 8.10. The number of ether oxygens (including phenoxy) is 1. The van der Waals surface area contributed by atoms with E-state index in [2.05, 4.69) is 15.5 Å². The molecule has 1 aliphatic heterocycles. The summed E-state index contributed by atoms with van der Waals surface area (Å²) in [7, 11) is -1.96. The Bertz CT molecular complexity index is 873. The molecule has 1 saturated heterocycles. The number of nitrogens with zero attached hydrogens (tertiary/aromatic N) is 3. The van der Waals surface area contributed by atoms with Crippen molar-refractivity contribution in [2.45, 2.75) is 24.2 Å². The van der Waals surface area contributed by atoms with E-state index in [1.807, 2.05) is 0 Å². The number of piperidine rings is 1. The van der Waals surface area contributed by atoms with E-state index in [0.29, 0.717) is 31.8 Å². The van der Waals surface area contributed by atoms with Crippen molar-refractivity contribution < 1.29 is 22.5 Å². The molecule has 1 aromatic heterocycles. The van der Waals surface area contributed by atoms with Gasteiger partial charge in [0.05, 0.1) is 11.5 Å². The Hall–Kier alpha value is -2.30. The summed E-state index contributed by atoms with van der Waals surface area (Å²) < 4.78 is 36.7. The van der Waals surface area contributed by atoms with Gasteiger partial charge in [-0.25, -0.2) is 8.42 Å². The first-order chi connectivity index (χ1) is 13.0. The molecule has 0 saturated carbocycles. The Labute approximate surface area is 157 Å². The third kappa shape index (κ3) is 4.52. The van der Waals surface area contributed by atoms with Crippen LogP contribution in [0.5, 0.6) is 0 Å². The zero-order valence-electron chi connectivity index (χ0n) is 15.1. The Morgan fingerprint density at radius 3 is 2.59 bits per heavy atom. The monoisotopic (exact) mass is 394 g/mol. The van der Waals surface area contributed by atoms with Crippen molar-refractivity contribution in [1.29, 1.82) is 0 Å². The SMILES string of the molecule is COCCNC(=O)c1nc(-c2ccc(S(=O)(=O)N3CCCCC3)cc2)no1. The van der Waals surface area contributed by atoms with E-state index in [4.69, 9.17) is 9.26 Å². The number of amides is 1. The van der Waals surface area contributed by atoms with Crippen LogP contribution < -0.4 is 5.32 Å². The van der Waals surface area contributed by atoms with Crippen LogP contribution in [0.15, 0.2) is 33.7 Å². The zero-order valence-corrected chi connectivity index (χ0v) is 15.9. The Morgan fingerprint density at radius 2 is 1.93 bits per heavy atom. The first-order valence-corrected chi connectivity index (χ1v) is 10.2. The van der Waals surface area contributed by atoms with Gasteiger partial charge in [0.2, 0.25) is 15.8 Å². The molecule has 3 rings (SSSR count). The van der Waals surface area contributed by atoms with Gasteiger partial charge < -0.3 is 14.6 Å². The summed E-state index contributed by atoms with van der Waals surface area (Å²) in [4.78, 5) is 16.2. The lowest BCUT2D eigenvalue weighted by atomic mass is 10.2. The van der Waals surface area contributed by atoms with E-state index in [1.54, 1.807) is 12.1 Å². The average molecular weight is 394 g/mol. The quantitative estimate of drug-likeness (QED) is 0.704. The summed E-state index contributed by atoms with van der Waals surface area (Å²) in [5.74, 6) is -0.435. The van der Waals surface area contributed by atoms with Crippen LogP contribution in [0, 0.1) is 0 Å². The lowest BCUT2D eigenvalue weighted by Crippen LogP contribution is -2.35. The number of benzene rings is 1. The van der Waals surface area contributed by atoms with Crippen LogP contribution in [0.1, 0.15) is 29.9 Å². The van der Waals surface area contributed by atoms with Crippen molar-refractivity contribution in [3.63, 3.8) is 0 Å². The van der Waals surface area contributed by atoms with Crippen molar-refractivity contribution in [2.24, 2.45) is 0 Å². The molecule has 9 nitrogen and oxygen atoms in total. The lowest BCUT2D eigenvalue weighted by Gasteiger charge is -2.25. The van der Waals surface area contributed by atoms with Crippen LogP contribution in [0.2, 0.25) is 0 Å². The van der Waals surface area contributed by atoms with Gasteiger partial charge in [0.1, 0.15) is 0 Å². The largest absolute Gasteiger partial charge is 0.383 e. The molecule has 146 valence electrons. The second-order valence-electron chi connectivity index (χ2n) is 6.16. The number of carbonyl (C=O) groups excluding carboxylic acids is 1. The first kappa shape index (κ1) is 19.5. The van der Waals surface area contributed by atoms with Gasteiger partial charge in [-0.2, -0.15) is 9.29 Å². The standard InChI is InChI=1S/C17H22N4O5S/c1-25-12-9-18-16(22)17-19-15(20-26-17)13-5-7-14(8-6-13)27(23,24)21-10-3-2-4-11-21/h5-8H,2-4,9-12H2,1H3,(H,18,22). The highest BCUT2D eigenvalue weighted by atomic mass is 32.2. The number of hydrogen-bond acceptors (Lipinski definition) is 7. The van der Waals surface area contributed by atoms with E-state index < -0.39 is 15.9 Å². The van der Waals surface area contributed by atoms with Crippen LogP contribution in [0.3, 0.4) is 0 Å². The fraction of sp³-hybridized carbons (Fsp3) is 0.471.